The van der Waals surface area contributed by atoms with Gasteiger partial charge in [0.25, 0.3) is 0 Å². The summed E-state index contributed by atoms with van der Waals surface area (Å²) in [5.74, 6) is 0.342. The van der Waals surface area contributed by atoms with Crippen molar-refractivity contribution in [3.63, 3.8) is 0 Å². The van der Waals surface area contributed by atoms with Gasteiger partial charge in [0.2, 0.25) is 0 Å². The number of nitrogens with zero attached hydrogens (tertiary/aromatic N) is 4. The van der Waals surface area contributed by atoms with Gasteiger partial charge >= 0.3 is 13.8 Å². The van der Waals surface area contributed by atoms with Crippen LogP contribution >= 0.6 is 19.4 Å². The Bertz CT molecular complexity index is 911. The summed E-state index contributed by atoms with van der Waals surface area (Å²) in [6.07, 6.45) is -4.94. The molecule has 0 saturated carbocycles. The summed E-state index contributed by atoms with van der Waals surface area (Å²) in [4.78, 5) is 22.2. The number of ether oxygens (including phenoxy) is 1. The zero-order valence-electron chi connectivity index (χ0n) is 15.0. The van der Waals surface area contributed by atoms with Crippen molar-refractivity contribution in [3.05, 3.63) is 11.0 Å². The number of fused-ring (bicyclic) bond motifs is 1. The van der Waals surface area contributed by atoms with E-state index >= 15 is 0 Å². The predicted octanol–water partition coefficient (Wildman–Crippen LogP) is 0.169. The zero-order chi connectivity index (χ0) is 20.6. The number of phosphoric acid groups is 1. The quantitative estimate of drug-likeness (QED) is 0.343. The average Bonchev–Trinajstić information content (AvgIpc) is 3.12. The van der Waals surface area contributed by atoms with Gasteiger partial charge in [-0.05, 0) is 6.92 Å². The molecule has 14 heteroatoms. The third-order valence-corrected chi connectivity index (χ3v) is 5.33. The minimum absolute atomic E-state index is 0.0307. The summed E-state index contributed by atoms with van der Waals surface area (Å²) in [5, 5.41) is 29.7. The van der Waals surface area contributed by atoms with E-state index in [2.05, 4.69) is 19.5 Å². The van der Waals surface area contributed by atoms with Gasteiger partial charge in [-0.3, -0.25) is 9.42 Å². The van der Waals surface area contributed by atoms with Crippen molar-refractivity contribution in [1.29, 1.82) is 0 Å². The Morgan fingerprint density at radius 1 is 1.25 bits per heavy atom. The molecule has 0 spiro atoms. The lowest BCUT2D eigenvalue weighted by Crippen LogP contribution is -2.33. The summed E-state index contributed by atoms with van der Waals surface area (Å²) in [5.41, 5.74) is 0.0845. The first-order chi connectivity index (χ1) is 13.2. The molecular weight excluding hydrogens is 419 g/mol. The lowest BCUT2D eigenvalue weighted by molar-refractivity contribution is -0.0532. The maximum Gasteiger partial charge on any atom is 0.529 e. The fourth-order valence-electron chi connectivity index (χ4n) is 2.80. The van der Waals surface area contributed by atoms with Gasteiger partial charge in [-0.2, -0.15) is 4.98 Å². The highest BCUT2D eigenvalue weighted by Gasteiger charge is 2.46. The first-order valence-electron chi connectivity index (χ1n) is 8.46. The van der Waals surface area contributed by atoms with Crippen LogP contribution in [0.4, 0.5) is 0 Å². The van der Waals surface area contributed by atoms with E-state index in [0.29, 0.717) is 12.2 Å². The minimum atomic E-state index is -4.55. The number of aryl methyl sites for hydroxylation is 1. The van der Waals surface area contributed by atoms with Gasteiger partial charge in [-0.1, -0.05) is 18.5 Å². The molecule has 1 unspecified atom stereocenters. The van der Waals surface area contributed by atoms with E-state index in [1.807, 2.05) is 0 Å². The SMILES string of the molecule is CCOP(=O)(O)Oc1nc2c(Cl)nc(CC)nc2n1[C@@H]1O[C@H](CO)[C@@H](O)[C@H]1O. The molecule has 1 saturated heterocycles. The lowest BCUT2D eigenvalue weighted by atomic mass is 10.1. The van der Waals surface area contributed by atoms with Gasteiger partial charge in [0.1, 0.15) is 29.7 Å². The molecule has 4 N–H and O–H groups in total. The van der Waals surface area contributed by atoms with Crippen molar-refractivity contribution in [2.45, 2.75) is 44.8 Å². The van der Waals surface area contributed by atoms with Crippen LogP contribution in [0.1, 0.15) is 25.9 Å². The van der Waals surface area contributed by atoms with Crippen LogP contribution in [0.15, 0.2) is 0 Å². The number of imidazole rings is 1. The fourth-order valence-corrected chi connectivity index (χ4v) is 3.74. The Morgan fingerprint density at radius 3 is 2.54 bits per heavy atom. The Balaban J connectivity index is 2.18. The molecule has 1 fully saturated rings. The van der Waals surface area contributed by atoms with Gasteiger partial charge in [-0.15, -0.1) is 0 Å². The predicted molar refractivity (Wildman–Crippen MR) is 94.8 cm³/mol. The Hall–Kier alpha value is -1.37. The van der Waals surface area contributed by atoms with Crippen LogP contribution in [-0.4, -0.2) is 71.3 Å². The number of phosphoric ester groups is 1. The molecule has 0 aromatic carbocycles. The van der Waals surface area contributed by atoms with Crippen LogP contribution in [0.5, 0.6) is 6.01 Å². The summed E-state index contributed by atoms with van der Waals surface area (Å²) in [6.45, 7) is 2.61. The maximum atomic E-state index is 12.1. The Labute approximate surface area is 164 Å². The highest BCUT2D eigenvalue weighted by Crippen LogP contribution is 2.46. The van der Waals surface area contributed by atoms with E-state index in [4.69, 9.17) is 20.9 Å². The summed E-state index contributed by atoms with van der Waals surface area (Å²) in [6, 6.07) is -0.478. The molecule has 3 heterocycles. The summed E-state index contributed by atoms with van der Waals surface area (Å²) < 4.78 is 28.4. The molecule has 5 atom stereocenters. The van der Waals surface area contributed by atoms with Crippen molar-refractivity contribution in [2.24, 2.45) is 0 Å². The molecule has 28 heavy (non-hydrogen) atoms. The molecule has 0 aliphatic carbocycles. The molecule has 2 aromatic rings. The van der Waals surface area contributed by atoms with Crippen LogP contribution in [0.3, 0.4) is 0 Å². The standard InChI is InChI=1S/C14H20ClN4O8P/c1-3-7-16-11(15)8-12(17-7)19(13-10(22)9(21)6(5-20)26-13)14(18-8)27-28(23,24)25-4-2/h6,9-10,13,20-22H,3-5H2,1-2H3,(H,23,24)/t6-,9-,10-,13-/m1/s1. The monoisotopic (exact) mass is 438 g/mol. The largest absolute Gasteiger partial charge is 0.529 e. The van der Waals surface area contributed by atoms with E-state index in [0.717, 1.165) is 4.57 Å². The van der Waals surface area contributed by atoms with Crippen LogP contribution in [-0.2, 0) is 20.2 Å². The van der Waals surface area contributed by atoms with Crippen molar-refractivity contribution in [3.8, 4) is 6.01 Å². The molecule has 3 rings (SSSR count). The highest BCUT2D eigenvalue weighted by atomic mass is 35.5. The number of hydrogen-bond acceptors (Lipinski definition) is 10. The average molecular weight is 439 g/mol. The van der Waals surface area contributed by atoms with Crippen LogP contribution < -0.4 is 4.52 Å². The number of aliphatic hydroxyl groups is 3. The van der Waals surface area contributed by atoms with E-state index in [-0.39, 0.29) is 22.9 Å². The molecule has 0 amide bonds. The number of hydrogen-bond donors (Lipinski definition) is 4. The highest BCUT2D eigenvalue weighted by molar-refractivity contribution is 7.47. The minimum Gasteiger partial charge on any atom is -0.394 e. The molecule has 1 aliphatic rings. The third kappa shape index (κ3) is 3.87. The lowest BCUT2D eigenvalue weighted by Gasteiger charge is -2.20. The molecule has 0 bridgehead atoms. The number of rotatable bonds is 7. The second kappa shape index (κ2) is 8.17. The first kappa shape index (κ1) is 21.3. The van der Waals surface area contributed by atoms with E-state index < -0.39 is 45.0 Å². The maximum absolute atomic E-state index is 12.1. The number of halogens is 1. The number of aromatic nitrogens is 4. The van der Waals surface area contributed by atoms with Gasteiger partial charge in [0.15, 0.2) is 17.0 Å². The van der Waals surface area contributed by atoms with Crippen molar-refractivity contribution < 1.29 is 38.6 Å². The van der Waals surface area contributed by atoms with E-state index in [1.54, 1.807) is 6.92 Å². The molecule has 0 radical (unpaired) electrons. The Kier molecular flexibility index (Phi) is 6.23. The summed E-state index contributed by atoms with van der Waals surface area (Å²) >= 11 is 6.15. The third-order valence-electron chi connectivity index (χ3n) is 4.09. The normalized spacial score (nSPS) is 27.2. The van der Waals surface area contributed by atoms with Crippen molar-refractivity contribution >= 4 is 30.6 Å². The van der Waals surface area contributed by atoms with Crippen LogP contribution in [0.2, 0.25) is 5.15 Å². The van der Waals surface area contributed by atoms with Crippen LogP contribution in [0, 0.1) is 0 Å². The van der Waals surface area contributed by atoms with E-state index in [9.17, 15) is 24.8 Å². The Morgan fingerprint density at radius 2 is 1.96 bits per heavy atom. The smallest absolute Gasteiger partial charge is 0.394 e. The van der Waals surface area contributed by atoms with Crippen LogP contribution in [0.25, 0.3) is 11.2 Å². The first-order valence-corrected chi connectivity index (χ1v) is 10.3. The van der Waals surface area contributed by atoms with Gasteiger partial charge in [-0.25, -0.2) is 19.1 Å². The van der Waals surface area contributed by atoms with Gasteiger partial charge in [0, 0.05) is 6.42 Å². The topological polar surface area (TPSA) is 169 Å². The molecule has 12 nitrogen and oxygen atoms in total. The second-order valence-corrected chi connectivity index (χ2v) is 7.66. The fraction of sp³-hybridized carbons (Fsp3) is 0.643. The second-order valence-electron chi connectivity index (χ2n) is 5.93. The van der Waals surface area contributed by atoms with Crippen molar-refractivity contribution in [1.82, 2.24) is 19.5 Å². The van der Waals surface area contributed by atoms with E-state index in [1.165, 1.54) is 6.92 Å². The molecule has 2 aromatic heterocycles. The molecule has 156 valence electrons. The zero-order valence-corrected chi connectivity index (χ0v) is 16.6. The summed E-state index contributed by atoms with van der Waals surface area (Å²) in [7, 11) is -4.55. The number of aliphatic hydroxyl groups excluding tert-OH is 3. The van der Waals surface area contributed by atoms with Gasteiger partial charge < -0.3 is 24.6 Å². The molecular formula is C14H20ClN4O8P. The van der Waals surface area contributed by atoms with Gasteiger partial charge in [0.05, 0.1) is 13.2 Å². The molecule has 1 aliphatic heterocycles. The van der Waals surface area contributed by atoms with Crippen molar-refractivity contribution in [2.75, 3.05) is 13.2 Å².